The van der Waals surface area contributed by atoms with Gasteiger partial charge in [0.25, 0.3) is 0 Å². The highest BCUT2D eigenvalue weighted by Gasteiger charge is 2.10. The number of benzene rings is 2. The molecule has 0 unspecified atom stereocenters. The third-order valence-electron chi connectivity index (χ3n) is 3.83. The lowest BCUT2D eigenvalue weighted by molar-refractivity contribution is 0.822. The summed E-state index contributed by atoms with van der Waals surface area (Å²) in [6.45, 7) is 7.00. The molecule has 4 heteroatoms. The predicted molar refractivity (Wildman–Crippen MR) is 100 cm³/mol. The van der Waals surface area contributed by atoms with Gasteiger partial charge in [0.1, 0.15) is 0 Å². The lowest BCUT2D eigenvalue weighted by Crippen LogP contribution is -2.14. The molecule has 0 aliphatic rings. The third kappa shape index (κ3) is 3.13. The molecule has 3 nitrogen and oxygen atoms in total. The van der Waals surface area contributed by atoms with Crippen LogP contribution in [0, 0.1) is 0 Å². The number of rotatable bonds is 4. The van der Waals surface area contributed by atoms with E-state index in [1.165, 1.54) is 16.3 Å². The fourth-order valence-corrected chi connectivity index (χ4v) is 3.40. The van der Waals surface area contributed by atoms with Gasteiger partial charge in [0.15, 0.2) is 0 Å². The predicted octanol–water partition coefficient (Wildman–Crippen LogP) is 4.92. The Labute approximate surface area is 140 Å². The molecule has 0 N–H and O–H groups in total. The Morgan fingerprint density at radius 2 is 1.87 bits per heavy atom. The summed E-state index contributed by atoms with van der Waals surface area (Å²) in [4.78, 5) is 5.54. The summed E-state index contributed by atoms with van der Waals surface area (Å²) in [5.74, 6) is 0. The maximum absolute atomic E-state index is 4.79. The third-order valence-corrected chi connectivity index (χ3v) is 4.68. The zero-order valence-corrected chi connectivity index (χ0v) is 14.6. The Kier molecular flexibility index (Phi) is 4.72. The quantitative estimate of drug-likeness (QED) is 0.610. The van der Waals surface area contributed by atoms with Crippen molar-refractivity contribution in [3.8, 4) is 11.3 Å². The second-order valence-electron chi connectivity index (χ2n) is 5.41. The van der Waals surface area contributed by atoms with Crippen LogP contribution in [-0.2, 0) is 0 Å². The smallest absolute Gasteiger partial charge is 0.206 e. The van der Waals surface area contributed by atoms with Crippen molar-refractivity contribution in [2.24, 2.45) is 10.1 Å². The van der Waals surface area contributed by atoms with Crippen molar-refractivity contribution in [3.63, 3.8) is 0 Å². The van der Waals surface area contributed by atoms with Crippen LogP contribution in [0.25, 0.3) is 22.0 Å². The van der Waals surface area contributed by atoms with Crippen molar-refractivity contribution in [2.45, 2.75) is 27.2 Å². The van der Waals surface area contributed by atoms with Gasteiger partial charge in [0.05, 0.1) is 5.69 Å². The highest BCUT2D eigenvalue weighted by molar-refractivity contribution is 7.07. The second kappa shape index (κ2) is 6.92. The van der Waals surface area contributed by atoms with Crippen LogP contribution in [0.15, 0.2) is 57.9 Å². The van der Waals surface area contributed by atoms with E-state index < -0.39 is 0 Å². The number of thiazole rings is 1. The van der Waals surface area contributed by atoms with E-state index in [0.29, 0.717) is 0 Å². The topological polar surface area (TPSA) is 29.6 Å². The van der Waals surface area contributed by atoms with Crippen molar-refractivity contribution in [3.05, 3.63) is 52.6 Å². The number of hydrogen-bond acceptors (Lipinski definition) is 3. The normalized spacial score (nSPS) is 13.0. The fourth-order valence-electron chi connectivity index (χ4n) is 2.52. The van der Waals surface area contributed by atoms with Crippen molar-refractivity contribution in [1.29, 1.82) is 0 Å². The number of fused-ring (bicyclic) bond motifs is 1. The van der Waals surface area contributed by atoms with Gasteiger partial charge in [0, 0.05) is 23.2 Å². The van der Waals surface area contributed by atoms with Crippen LogP contribution in [0.1, 0.15) is 27.2 Å². The van der Waals surface area contributed by atoms with Gasteiger partial charge in [0.2, 0.25) is 4.80 Å². The monoisotopic (exact) mass is 323 g/mol. The molecule has 0 saturated carbocycles. The fraction of sp³-hybridized carbons (Fsp3) is 0.263. The van der Waals surface area contributed by atoms with Crippen molar-refractivity contribution >= 4 is 27.8 Å². The Morgan fingerprint density at radius 1 is 1.09 bits per heavy atom. The first-order valence-corrected chi connectivity index (χ1v) is 8.86. The molecule has 0 atom stereocenters. The second-order valence-corrected chi connectivity index (χ2v) is 6.24. The molecule has 3 aromatic rings. The van der Waals surface area contributed by atoms with E-state index in [1.807, 2.05) is 4.68 Å². The van der Waals surface area contributed by atoms with Gasteiger partial charge < -0.3 is 0 Å². The van der Waals surface area contributed by atoms with E-state index in [4.69, 9.17) is 5.10 Å². The van der Waals surface area contributed by atoms with E-state index in [9.17, 15) is 0 Å². The molecule has 0 fully saturated rings. The molecule has 118 valence electrons. The van der Waals surface area contributed by atoms with Crippen molar-refractivity contribution < 1.29 is 0 Å². The molecule has 23 heavy (non-hydrogen) atoms. The highest BCUT2D eigenvalue weighted by Crippen LogP contribution is 2.29. The molecule has 0 spiro atoms. The van der Waals surface area contributed by atoms with Gasteiger partial charge in [-0.15, -0.1) is 11.3 Å². The van der Waals surface area contributed by atoms with Gasteiger partial charge in [-0.05, 0) is 31.0 Å². The standard InChI is InChI=1S/C19H21N3S/c1-4-14(3)21-22-18(13-23-19(22)20-5-2)17-12-8-10-15-9-6-7-11-16(15)17/h6-13H,4-5H2,1-3H3. The summed E-state index contributed by atoms with van der Waals surface area (Å²) in [5.41, 5.74) is 3.40. The van der Waals surface area contributed by atoms with Crippen LogP contribution in [0.2, 0.25) is 0 Å². The lowest BCUT2D eigenvalue weighted by atomic mass is 10.0. The Morgan fingerprint density at radius 3 is 2.65 bits per heavy atom. The van der Waals surface area contributed by atoms with Crippen LogP contribution in [-0.4, -0.2) is 16.9 Å². The van der Waals surface area contributed by atoms with E-state index in [1.54, 1.807) is 11.3 Å². The van der Waals surface area contributed by atoms with Crippen LogP contribution in [0.5, 0.6) is 0 Å². The maximum Gasteiger partial charge on any atom is 0.206 e. The minimum atomic E-state index is 0.760. The Hall–Kier alpha value is -2.20. The van der Waals surface area contributed by atoms with Crippen LogP contribution >= 0.6 is 11.3 Å². The first-order valence-electron chi connectivity index (χ1n) is 7.98. The molecule has 0 bridgehead atoms. The zero-order valence-electron chi connectivity index (χ0n) is 13.8. The highest BCUT2D eigenvalue weighted by atomic mass is 32.1. The van der Waals surface area contributed by atoms with E-state index >= 15 is 0 Å². The summed E-state index contributed by atoms with van der Waals surface area (Å²) in [6, 6.07) is 14.9. The largest absolute Gasteiger partial charge is 0.258 e. The summed E-state index contributed by atoms with van der Waals surface area (Å²) in [6.07, 6.45) is 0.934. The van der Waals surface area contributed by atoms with Crippen LogP contribution in [0.4, 0.5) is 0 Å². The van der Waals surface area contributed by atoms with Gasteiger partial charge in [-0.3, -0.25) is 4.99 Å². The average molecular weight is 323 g/mol. The molecule has 0 aliphatic carbocycles. The molecular formula is C19H21N3S. The van der Waals surface area contributed by atoms with E-state index in [-0.39, 0.29) is 0 Å². The van der Waals surface area contributed by atoms with Crippen molar-refractivity contribution in [2.75, 3.05) is 6.54 Å². The molecule has 0 amide bonds. The molecule has 0 radical (unpaired) electrons. The molecular weight excluding hydrogens is 302 g/mol. The van der Waals surface area contributed by atoms with E-state index in [2.05, 4.69) is 73.6 Å². The number of hydrogen-bond donors (Lipinski definition) is 0. The van der Waals surface area contributed by atoms with Gasteiger partial charge in [-0.1, -0.05) is 49.4 Å². The van der Waals surface area contributed by atoms with Gasteiger partial charge in [-0.2, -0.15) is 5.10 Å². The summed E-state index contributed by atoms with van der Waals surface area (Å²) >= 11 is 1.65. The first kappa shape index (κ1) is 15.7. The molecule has 3 rings (SSSR count). The van der Waals surface area contributed by atoms with Crippen LogP contribution in [0.3, 0.4) is 0 Å². The minimum absolute atomic E-state index is 0.760. The minimum Gasteiger partial charge on any atom is -0.258 e. The average Bonchev–Trinajstić information content (AvgIpc) is 2.97. The Bertz CT molecular complexity index is 910. The Balaban J connectivity index is 2.29. The van der Waals surface area contributed by atoms with Crippen LogP contribution < -0.4 is 4.80 Å². The molecule has 2 aromatic carbocycles. The SMILES string of the molecule is CCN=c1scc(-c2cccc3ccccc23)n1N=C(C)CC. The summed E-state index contributed by atoms with van der Waals surface area (Å²) in [7, 11) is 0. The zero-order chi connectivity index (χ0) is 16.2. The maximum atomic E-state index is 4.79. The van der Waals surface area contributed by atoms with Gasteiger partial charge >= 0.3 is 0 Å². The molecule has 1 heterocycles. The first-order chi connectivity index (χ1) is 11.2. The summed E-state index contributed by atoms with van der Waals surface area (Å²) < 4.78 is 1.99. The van der Waals surface area contributed by atoms with Gasteiger partial charge in [-0.25, -0.2) is 4.68 Å². The van der Waals surface area contributed by atoms with E-state index in [0.717, 1.165) is 29.2 Å². The molecule has 0 saturated heterocycles. The number of aromatic nitrogens is 1. The van der Waals surface area contributed by atoms with Crippen molar-refractivity contribution in [1.82, 2.24) is 4.68 Å². The molecule has 1 aromatic heterocycles. The number of nitrogens with zero attached hydrogens (tertiary/aromatic N) is 3. The summed E-state index contributed by atoms with van der Waals surface area (Å²) in [5, 5.41) is 9.43. The molecule has 0 aliphatic heterocycles. The lowest BCUT2D eigenvalue weighted by Gasteiger charge is -2.08.